The van der Waals surface area contributed by atoms with Gasteiger partial charge in [-0.25, -0.2) is 8.78 Å². The number of hydrogen-bond donors (Lipinski definition) is 5. The number of nitrogens with one attached hydrogen (secondary N) is 1. The van der Waals surface area contributed by atoms with Gasteiger partial charge in [0.15, 0.2) is 22.7 Å². The second kappa shape index (κ2) is 71.5. The Balaban J connectivity index is 0.00000111. The van der Waals surface area contributed by atoms with Crippen LogP contribution in [0.25, 0.3) is 33.4 Å². The number of hydrogen-bond acceptors (Lipinski definition) is 46. The van der Waals surface area contributed by atoms with Crippen LogP contribution in [0.2, 0.25) is 0 Å². The van der Waals surface area contributed by atoms with Crippen molar-refractivity contribution in [1.82, 2.24) is 20.0 Å². The number of aromatic hydroxyl groups is 1. The van der Waals surface area contributed by atoms with E-state index in [1.807, 2.05) is 65.0 Å². The fourth-order valence-electron chi connectivity index (χ4n) is 12.4. The summed E-state index contributed by atoms with van der Waals surface area (Å²) < 4.78 is 147. The molecule has 8 N–H and O–H groups in total. The molecule has 0 bridgehead atoms. The molecule has 5 rings (SSSR count). The largest absolute Gasteiger partial charge is 0.503 e. The maximum Gasteiger partial charge on any atom is 0.326 e. The molecule has 1 amide bonds. The van der Waals surface area contributed by atoms with Gasteiger partial charge in [0.1, 0.15) is 35.2 Å². The smallest absolute Gasteiger partial charge is 0.326 e. The van der Waals surface area contributed by atoms with Crippen LogP contribution in [0.4, 0.5) is 28.9 Å². The number of halogens is 4. The van der Waals surface area contributed by atoms with Crippen molar-refractivity contribution in [2.75, 3.05) is 144 Å². The molecule has 146 heavy (non-hydrogen) atoms. The highest BCUT2D eigenvalue weighted by Gasteiger charge is 2.36. The molecule has 3 aromatic rings. The molecule has 1 heterocycles. The third-order valence-corrected chi connectivity index (χ3v) is 19.2. The first-order valence-electron chi connectivity index (χ1n) is 45.2. The van der Waals surface area contributed by atoms with E-state index >= 15 is 0 Å². The zero-order valence-corrected chi connectivity index (χ0v) is 84.2. The van der Waals surface area contributed by atoms with E-state index in [-0.39, 0.29) is 38.1 Å². The molecule has 0 fully saturated rings. The van der Waals surface area contributed by atoms with E-state index in [0.717, 1.165) is 130 Å². The van der Waals surface area contributed by atoms with E-state index in [1.54, 1.807) is 19.2 Å². The van der Waals surface area contributed by atoms with Gasteiger partial charge >= 0.3 is 107 Å². The van der Waals surface area contributed by atoms with Gasteiger partial charge in [-0.05, 0) is 102 Å². The van der Waals surface area contributed by atoms with Gasteiger partial charge in [0.2, 0.25) is 78.7 Å². The molecule has 3 unspecified atom stereocenters. The highest BCUT2D eigenvalue weighted by Crippen LogP contribution is 2.46. The van der Waals surface area contributed by atoms with Crippen LogP contribution in [-0.2, 0) is 176 Å². The number of ether oxygens (including phenoxy) is 19. The predicted molar refractivity (Wildman–Crippen MR) is 495 cm³/mol. The first kappa shape index (κ1) is 129. The molecule has 0 saturated carbocycles. The average Bonchev–Trinajstić information content (AvgIpc) is 0.743. The molecule has 3 atom stereocenters. The number of methoxy groups -OCH3 is 1. The highest BCUT2D eigenvalue weighted by atomic mass is 19.2. The van der Waals surface area contributed by atoms with Crippen LogP contribution < -0.4 is 37.2 Å². The van der Waals surface area contributed by atoms with Crippen molar-refractivity contribution in [3.8, 4) is 33.9 Å². The van der Waals surface area contributed by atoms with E-state index in [1.165, 1.54) is 0 Å². The fourth-order valence-corrected chi connectivity index (χ4v) is 12.4. The van der Waals surface area contributed by atoms with E-state index in [4.69, 9.17) is 78.5 Å². The van der Waals surface area contributed by atoms with Crippen molar-refractivity contribution in [3.05, 3.63) is 88.3 Å². The predicted octanol–water partition coefficient (Wildman–Crippen LogP) is 5.21. The number of phenolic OH excluding ortho intramolecular Hbond substituents is 1. The van der Waals surface area contributed by atoms with Crippen LogP contribution in [0.3, 0.4) is 0 Å². The molecule has 48 nitrogen and oxygen atoms in total. The minimum atomic E-state index is -1.77. The van der Waals surface area contributed by atoms with Crippen LogP contribution in [0.1, 0.15) is 178 Å². The summed E-state index contributed by atoms with van der Waals surface area (Å²) in [6.45, 7) is 13.1. The number of esters is 18. The zero-order valence-electron chi connectivity index (χ0n) is 84.2. The van der Waals surface area contributed by atoms with E-state index in [2.05, 4.69) is 54.2 Å². The molecule has 1 aliphatic heterocycles. The first-order chi connectivity index (χ1) is 69.1. The summed E-state index contributed by atoms with van der Waals surface area (Å²) in [6, 6.07) is 11.7. The summed E-state index contributed by atoms with van der Waals surface area (Å²) in [5, 5.41) is 18.9. The number of nitrogens with zero attached hydrogens (tertiary/aromatic N) is 4. The maximum absolute atomic E-state index is 13.3. The van der Waals surface area contributed by atoms with Crippen LogP contribution >= 0.6 is 0 Å². The number of anilines is 2. The van der Waals surface area contributed by atoms with Crippen molar-refractivity contribution in [2.24, 2.45) is 5.73 Å². The number of carbonyl (C=O) groups excluding carboxylic acids is 19. The van der Waals surface area contributed by atoms with Crippen LogP contribution in [-0.4, -0.2) is 285 Å². The molecule has 0 saturated heterocycles. The summed E-state index contributed by atoms with van der Waals surface area (Å²) in [5.74, 6) is -21.6. The summed E-state index contributed by atoms with van der Waals surface area (Å²) >= 11 is 0. The van der Waals surface area contributed by atoms with Gasteiger partial charge < -0.3 is 121 Å². The number of aryl methyl sites for hydroxylation is 1. The minimum absolute atomic E-state index is 0.00556. The van der Waals surface area contributed by atoms with Crippen LogP contribution in [0, 0.1) is 37.1 Å². The molecule has 52 heteroatoms. The Hall–Kier alpha value is -15.0. The number of unbranched alkanes of at least 4 members (excludes halogenated alkanes) is 4. The van der Waals surface area contributed by atoms with Crippen LogP contribution in [0.15, 0.2) is 52.9 Å². The van der Waals surface area contributed by atoms with Crippen LogP contribution in [0.5, 0.6) is 11.5 Å². The molecule has 0 spiro atoms. The number of phenols is 1. The quantitative estimate of drug-likeness (QED) is 0.00487. The standard InChI is InChI=1S/C46H57N5O15.C20H31NO12.C19H30N2O12.C7H4F4O.C2H6/c1-7-50(38-22-39(59-6)36(19-28(38)2)45-34-15-13-32(47)20-40(34)66-41-21-33(48)14-16-35(41)45)18-10-12-42(55)49-17-9-8-11-37(46(58)65-27-62-31(5)54)51(23-43(56)63-25-60-29(3)52)24-44(57)64-26-61-30(4)53;1-5-6-7-8-17(20(27)33-13-30-16(4)24)21(9-18(25)31-11-28-14(2)22)10-19(26)32-12-29-15(3)23;1-13(22)28-10-31-17(25)8-21(9-18(26)32-11-29-14(2)23)16(6-4-5-7-20)19(27)33-12-30-15(3)24;1-2-3(8)5(10)7(12)6(11)4(2)9;1-2/h13-16,19-22,37,47H,7-12,17-18,23-27,48H2,1-6H3,(H,49,55);17H,5-13H2,1-4H3;16H,4-12,20H2,1-3H3;12H,1H3;1-2H3/p+1. The maximum atomic E-state index is 13.3. The van der Waals surface area contributed by atoms with Crippen molar-refractivity contribution in [1.29, 1.82) is 0 Å². The summed E-state index contributed by atoms with van der Waals surface area (Å²) in [5.41, 5.74) is 16.6. The lowest BCUT2D eigenvalue weighted by molar-refractivity contribution is -0.177. The highest BCUT2D eigenvalue weighted by molar-refractivity contribution is 6.04. The van der Waals surface area contributed by atoms with Crippen molar-refractivity contribution < 1.29 is 214 Å². The molecule has 812 valence electrons. The van der Waals surface area contributed by atoms with Gasteiger partial charge in [0.05, 0.1) is 52.4 Å². The lowest BCUT2D eigenvalue weighted by atomic mass is 9.91. The van der Waals surface area contributed by atoms with Crippen molar-refractivity contribution in [2.45, 2.75) is 199 Å². The summed E-state index contributed by atoms with van der Waals surface area (Å²) in [4.78, 5) is 230. The van der Waals surface area contributed by atoms with Gasteiger partial charge in [-0.1, -0.05) is 46.5 Å². The molecular weight excluding hydrogens is 1960 g/mol. The van der Waals surface area contributed by atoms with Gasteiger partial charge in [0, 0.05) is 146 Å². The number of fused-ring (bicyclic) bond motifs is 2. The third-order valence-electron chi connectivity index (χ3n) is 19.2. The third kappa shape index (κ3) is 52.3. The summed E-state index contributed by atoms with van der Waals surface area (Å²) in [7, 11) is 1.62. The first-order valence-corrected chi connectivity index (χ1v) is 45.2. The summed E-state index contributed by atoms with van der Waals surface area (Å²) in [6.07, 6.45) is 4.92. The number of nitrogens with two attached hydrogens (primary N) is 3. The molecule has 3 aromatic carbocycles. The lowest BCUT2D eigenvalue weighted by Crippen LogP contribution is -2.48. The Labute approximate surface area is 837 Å². The number of carbonyl (C=O) groups is 19. The van der Waals surface area contributed by atoms with Gasteiger partial charge in [-0.3, -0.25) is 111 Å². The Morgan fingerprint density at radius 1 is 0.425 bits per heavy atom. The fraction of sp³-hybridized carbons (Fsp3) is 0.532. The number of amides is 1. The zero-order chi connectivity index (χ0) is 110. The van der Waals surface area contributed by atoms with Crippen molar-refractivity contribution in [3.63, 3.8) is 0 Å². The molecule has 0 aromatic heterocycles. The van der Waals surface area contributed by atoms with E-state index < -0.39 is 261 Å². The Morgan fingerprint density at radius 3 is 1.10 bits per heavy atom. The number of benzene rings is 4. The Kier molecular flexibility index (Phi) is 63.2. The second-order valence-electron chi connectivity index (χ2n) is 30.4. The van der Waals surface area contributed by atoms with E-state index in [0.29, 0.717) is 86.3 Å². The van der Waals surface area contributed by atoms with Gasteiger partial charge in [-0.2, -0.15) is 8.78 Å². The Morgan fingerprint density at radius 2 is 0.767 bits per heavy atom. The van der Waals surface area contributed by atoms with Gasteiger partial charge in [0.25, 0.3) is 0 Å². The SMILES string of the molecule is CC.CC(=O)OCOC(=O)CN(CC(=O)OCOC(C)=O)C(CCCCN)C(=O)OCOC(C)=O.CCCCCC(C(=O)OCOC(C)=O)N(CC(=O)OCOC(C)=O)CC(=O)OCOC(C)=O.CCN(CCCC(=O)NCCCCC(C(=O)OCOC(C)=O)N(CC(=O)OCOC(C)=O)CC(=O)OCOC(C)=O)c1cc(OC)c(-c2c3ccc(=[NH2+])cc-3oc3cc(N)ccc23)cc1C.Cc1c(F)c(F)c(O)c(F)c1F. The second-order valence-corrected chi connectivity index (χ2v) is 30.4. The lowest BCUT2D eigenvalue weighted by Gasteiger charge is -2.28. The van der Waals surface area contributed by atoms with E-state index in [9.17, 15) is 109 Å². The van der Waals surface area contributed by atoms with Crippen molar-refractivity contribution >= 4 is 136 Å². The monoisotopic (exact) mass is 2090 g/mol. The molecule has 1 aliphatic carbocycles. The topological polar surface area (TPSA) is 636 Å². The Bertz CT molecular complexity index is 4870. The number of rotatable bonds is 57. The normalized spacial score (nSPS) is 11.1. The number of nitrogen functional groups attached to an aromatic ring is 1. The minimum Gasteiger partial charge on any atom is -0.503 e. The van der Waals surface area contributed by atoms with Gasteiger partial charge in [-0.15, -0.1) is 0 Å². The molecular formula is C94H129F4N8O40+. The molecule has 2 aliphatic rings. The average molecular weight is 2090 g/mol. The molecule has 0 radical (unpaired) electrons.